The summed E-state index contributed by atoms with van der Waals surface area (Å²) in [5, 5.41) is 2.96. The molecule has 0 aliphatic carbocycles. The number of nitrogens with one attached hydrogen (secondary N) is 2. The van der Waals surface area contributed by atoms with Crippen LogP contribution in [0.1, 0.15) is 18.1 Å². The summed E-state index contributed by atoms with van der Waals surface area (Å²) < 4.78 is 0. The number of carbonyl (C=O) groups excluding carboxylic acids is 1. The summed E-state index contributed by atoms with van der Waals surface area (Å²) in [4.78, 5) is 13.5. The summed E-state index contributed by atoms with van der Waals surface area (Å²) >= 11 is 0. The molecule has 1 amide bonds. The number of hydrogen-bond donors (Lipinski definition) is 2. The lowest BCUT2D eigenvalue weighted by Crippen LogP contribution is -3.12. The molecule has 3 heteroatoms. The standard InChI is InChI=1S/C18H22N2O/c1-14-9-7-8-10-16(14)13-20(3)15(2)18(21)19-17-11-5-4-6-12-17/h4-12,15H,13H2,1-3H3,(H,19,21)/p+1/t15-/m0/s1. The number of aryl methyl sites for hydroxylation is 1. The number of benzene rings is 2. The predicted molar refractivity (Wildman–Crippen MR) is 86.3 cm³/mol. The molecule has 110 valence electrons. The Morgan fingerprint density at radius 2 is 1.71 bits per heavy atom. The molecular weight excluding hydrogens is 260 g/mol. The van der Waals surface area contributed by atoms with Gasteiger partial charge in [-0.15, -0.1) is 0 Å². The fourth-order valence-corrected chi connectivity index (χ4v) is 2.26. The van der Waals surface area contributed by atoms with Crippen LogP contribution in [0.15, 0.2) is 54.6 Å². The largest absolute Gasteiger partial charge is 0.324 e. The molecule has 1 unspecified atom stereocenters. The van der Waals surface area contributed by atoms with E-state index in [0.29, 0.717) is 0 Å². The minimum Gasteiger partial charge on any atom is -0.324 e. The molecule has 0 aliphatic rings. The van der Waals surface area contributed by atoms with E-state index in [0.717, 1.165) is 12.2 Å². The van der Waals surface area contributed by atoms with Gasteiger partial charge in [-0.2, -0.15) is 0 Å². The van der Waals surface area contributed by atoms with Crippen LogP contribution in [0, 0.1) is 6.92 Å². The Labute approximate surface area is 126 Å². The Kier molecular flexibility index (Phi) is 5.12. The van der Waals surface area contributed by atoms with Gasteiger partial charge in [-0.1, -0.05) is 42.5 Å². The highest BCUT2D eigenvalue weighted by atomic mass is 16.2. The zero-order valence-corrected chi connectivity index (χ0v) is 12.9. The number of rotatable bonds is 5. The van der Waals surface area contributed by atoms with Gasteiger partial charge in [0, 0.05) is 11.3 Å². The van der Waals surface area contributed by atoms with Crippen LogP contribution in [0.3, 0.4) is 0 Å². The van der Waals surface area contributed by atoms with Crippen molar-refractivity contribution in [1.29, 1.82) is 0 Å². The Bertz CT molecular complexity index is 595. The molecule has 2 aromatic carbocycles. The van der Waals surface area contributed by atoms with Gasteiger partial charge in [0.15, 0.2) is 6.04 Å². The van der Waals surface area contributed by atoms with Crippen molar-refractivity contribution in [2.45, 2.75) is 26.4 Å². The van der Waals surface area contributed by atoms with Crippen LogP contribution in [-0.2, 0) is 11.3 Å². The molecule has 3 nitrogen and oxygen atoms in total. The van der Waals surface area contributed by atoms with E-state index in [1.165, 1.54) is 16.0 Å². The lowest BCUT2D eigenvalue weighted by atomic mass is 10.1. The minimum absolute atomic E-state index is 0.0484. The van der Waals surface area contributed by atoms with E-state index in [4.69, 9.17) is 0 Å². The first-order chi connectivity index (χ1) is 10.1. The Hall–Kier alpha value is -2.13. The summed E-state index contributed by atoms with van der Waals surface area (Å²) in [7, 11) is 2.06. The molecule has 0 aliphatic heterocycles. The topological polar surface area (TPSA) is 33.5 Å². The van der Waals surface area contributed by atoms with Crippen LogP contribution in [0.4, 0.5) is 5.69 Å². The maximum Gasteiger partial charge on any atom is 0.282 e. The number of amides is 1. The molecular formula is C18H23N2O+. The maximum atomic E-state index is 12.3. The van der Waals surface area contributed by atoms with E-state index in [1.807, 2.05) is 49.4 Å². The third kappa shape index (κ3) is 4.17. The zero-order chi connectivity index (χ0) is 15.2. The molecule has 0 saturated carbocycles. The van der Waals surface area contributed by atoms with Crippen LogP contribution in [-0.4, -0.2) is 19.0 Å². The number of carbonyl (C=O) groups is 1. The van der Waals surface area contributed by atoms with Crippen LogP contribution >= 0.6 is 0 Å². The molecule has 2 atom stereocenters. The second kappa shape index (κ2) is 7.04. The summed E-state index contributed by atoms with van der Waals surface area (Å²) in [6.45, 7) is 4.92. The molecule has 0 heterocycles. The Morgan fingerprint density at radius 1 is 1.10 bits per heavy atom. The van der Waals surface area contributed by atoms with E-state index in [9.17, 15) is 4.79 Å². The van der Waals surface area contributed by atoms with Gasteiger partial charge in [-0.25, -0.2) is 0 Å². The normalized spacial score (nSPS) is 13.5. The summed E-state index contributed by atoms with van der Waals surface area (Å²) in [5.41, 5.74) is 3.40. The lowest BCUT2D eigenvalue weighted by Gasteiger charge is -2.22. The fraction of sp³-hybridized carbons (Fsp3) is 0.278. The monoisotopic (exact) mass is 283 g/mol. The predicted octanol–water partition coefficient (Wildman–Crippen LogP) is 2.04. The van der Waals surface area contributed by atoms with Crippen LogP contribution in [0.2, 0.25) is 0 Å². The second-order valence-electron chi connectivity index (χ2n) is 5.53. The number of para-hydroxylation sites is 1. The summed E-state index contributed by atoms with van der Waals surface area (Å²) in [5.74, 6) is 0.0484. The number of likely N-dealkylation sites (N-methyl/N-ethyl adjacent to an activating group) is 1. The van der Waals surface area contributed by atoms with Crippen molar-refractivity contribution in [2.24, 2.45) is 0 Å². The van der Waals surface area contributed by atoms with E-state index < -0.39 is 0 Å². The first-order valence-corrected chi connectivity index (χ1v) is 7.30. The molecule has 2 N–H and O–H groups in total. The zero-order valence-electron chi connectivity index (χ0n) is 12.9. The van der Waals surface area contributed by atoms with E-state index in [-0.39, 0.29) is 11.9 Å². The molecule has 0 fully saturated rings. The molecule has 2 rings (SSSR count). The van der Waals surface area contributed by atoms with E-state index in [2.05, 4.69) is 31.4 Å². The van der Waals surface area contributed by atoms with Crippen molar-refractivity contribution >= 4 is 11.6 Å². The highest BCUT2D eigenvalue weighted by Crippen LogP contribution is 2.06. The third-order valence-corrected chi connectivity index (χ3v) is 3.90. The molecule has 0 radical (unpaired) electrons. The third-order valence-electron chi connectivity index (χ3n) is 3.90. The summed E-state index contributed by atoms with van der Waals surface area (Å²) in [6.07, 6.45) is 0. The van der Waals surface area contributed by atoms with Gasteiger partial charge in [0.1, 0.15) is 6.54 Å². The van der Waals surface area contributed by atoms with E-state index in [1.54, 1.807) is 0 Å². The molecule has 2 aromatic rings. The number of anilines is 1. The van der Waals surface area contributed by atoms with Crippen molar-refractivity contribution < 1.29 is 9.69 Å². The molecule has 0 spiro atoms. The van der Waals surface area contributed by atoms with Crippen molar-refractivity contribution in [3.63, 3.8) is 0 Å². The molecule has 0 aromatic heterocycles. The lowest BCUT2D eigenvalue weighted by molar-refractivity contribution is -0.907. The second-order valence-corrected chi connectivity index (χ2v) is 5.53. The molecule has 0 saturated heterocycles. The first-order valence-electron chi connectivity index (χ1n) is 7.30. The van der Waals surface area contributed by atoms with Gasteiger partial charge >= 0.3 is 0 Å². The van der Waals surface area contributed by atoms with E-state index >= 15 is 0 Å². The maximum absolute atomic E-state index is 12.3. The first kappa shape index (κ1) is 15.3. The van der Waals surface area contributed by atoms with Gasteiger partial charge in [0.2, 0.25) is 0 Å². The molecule has 21 heavy (non-hydrogen) atoms. The number of quaternary nitrogens is 1. The van der Waals surface area contributed by atoms with Crippen LogP contribution < -0.4 is 10.2 Å². The van der Waals surface area contributed by atoms with Gasteiger partial charge in [-0.05, 0) is 31.5 Å². The number of hydrogen-bond acceptors (Lipinski definition) is 1. The Morgan fingerprint density at radius 3 is 2.38 bits per heavy atom. The minimum atomic E-state index is -0.107. The smallest absolute Gasteiger partial charge is 0.282 e. The fourth-order valence-electron chi connectivity index (χ4n) is 2.26. The van der Waals surface area contributed by atoms with Crippen molar-refractivity contribution in [2.75, 3.05) is 12.4 Å². The highest BCUT2D eigenvalue weighted by molar-refractivity contribution is 5.93. The van der Waals surface area contributed by atoms with Crippen LogP contribution in [0.5, 0.6) is 0 Å². The molecule has 0 bridgehead atoms. The van der Waals surface area contributed by atoms with Crippen molar-refractivity contribution in [1.82, 2.24) is 0 Å². The van der Waals surface area contributed by atoms with Gasteiger partial charge in [0.25, 0.3) is 5.91 Å². The van der Waals surface area contributed by atoms with Crippen LogP contribution in [0.25, 0.3) is 0 Å². The Balaban J connectivity index is 1.97. The van der Waals surface area contributed by atoms with Crippen molar-refractivity contribution in [3.8, 4) is 0 Å². The van der Waals surface area contributed by atoms with Gasteiger partial charge in [-0.3, -0.25) is 4.79 Å². The quantitative estimate of drug-likeness (QED) is 0.865. The summed E-state index contributed by atoms with van der Waals surface area (Å²) in [6, 6.07) is 17.8. The van der Waals surface area contributed by atoms with Crippen molar-refractivity contribution in [3.05, 3.63) is 65.7 Å². The van der Waals surface area contributed by atoms with Gasteiger partial charge < -0.3 is 10.2 Å². The van der Waals surface area contributed by atoms with Gasteiger partial charge in [0.05, 0.1) is 7.05 Å². The average molecular weight is 283 g/mol. The SMILES string of the molecule is Cc1ccccc1C[NH+](C)[C@@H](C)C(=O)Nc1ccccc1. The average Bonchev–Trinajstić information content (AvgIpc) is 2.49. The highest BCUT2D eigenvalue weighted by Gasteiger charge is 2.22.